The van der Waals surface area contributed by atoms with Gasteiger partial charge in [0.25, 0.3) is 5.91 Å². The van der Waals surface area contributed by atoms with Crippen molar-refractivity contribution in [3.8, 4) is 11.8 Å². The smallest absolute Gasteiger partial charge is 0.312 e. The number of hydrogen-bond acceptors (Lipinski definition) is 8. The van der Waals surface area contributed by atoms with Gasteiger partial charge in [-0.3, -0.25) is 4.79 Å². The second-order valence-corrected chi connectivity index (χ2v) is 6.31. The van der Waals surface area contributed by atoms with Gasteiger partial charge in [0.05, 0.1) is 6.54 Å². The van der Waals surface area contributed by atoms with Crippen molar-refractivity contribution < 1.29 is 22.7 Å². The first-order valence-electron chi connectivity index (χ1n) is 8.33. The number of rotatable bonds is 7. The molecule has 0 aliphatic heterocycles. The van der Waals surface area contributed by atoms with E-state index in [0.717, 1.165) is 6.07 Å². The summed E-state index contributed by atoms with van der Waals surface area (Å²) in [4.78, 5) is 17.9. The van der Waals surface area contributed by atoms with Crippen molar-refractivity contribution in [3.63, 3.8) is 0 Å². The van der Waals surface area contributed by atoms with E-state index in [-0.39, 0.29) is 36.4 Å². The third-order valence-electron chi connectivity index (χ3n) is 3.78. The summed E-state index contributed by atoms with van der Waals surface area (Å²) in [6.45, 7) is -0.637. The fraction of sp³-hybridized carbons (Fsp3) is 0.167. The average molecular weight is 435 g/mol. The minimum atomic E-state index is -1.01. The molecule has 2 heterocycles. The molecule has 3 aromatic rings. The van der Waals surface area contributed by atoms with Crippen LogP contribution in [0.15, 0.2) is 34.9 Å². The number of nitrogen functional groups attached to an aromatic ring is 1. The van der Waals surface area contributed by atoms with Crippen LogP contribution in [0, 0.1) is 23.0 Å². The lowest BCUT2D eigenvalue weighted by Gasteiger charge is -2.21. The van der Waals surface area contributed by atoms with Gasteiger partial charge in [-0.15, -0.1) is 5.10 Å². The molecule has 0 aliphatic carbocycles. The molecule has 2 N–H and O–H groups in total. The summed E-state index contributed by atoms with van der Waals surface area (Å²) in [7, 11) is 0. The Kier molecular flexibility index (Phi) is 6.38. The highest BCUT2D eigenvalue weighted by atomic mass is 35.5. The van der Waals surface area contributed by atoms with Gasteiger partial charge >= 0.3 is 6.01 Å². The van der Waals surface area contributed by atoms with Crippen molar-refractivity contribution in [2.45, 2.75) is 13.1 Å². The highest BCUT2D eigenvalue weighted by Gasteiger charge is 2.20. The molecule has 1 amide bonds. The number of hydrogen-bond donors (Lipinski definition) is 1. The summed E-state index contributed by atoms with van der Waals surface area (Å²) in [6.07, 6.45) is 1.43. The van der Waals surface area contributed by atoms with Crippen molar-refractivity contribution in [2.75, 3.05) is 12.3 Å². The molecule has 30 heavy (non-hydrogen) atoms. The van der Waals surface area contributed by atoms with Gasteiger partial charge in [-0.05, 0) is 11.6 Å². The molecular weight excluding hydrogens is 422 g/mol. The molecule has 9 nitrogen and oxygen atoms in total. The molecule has 1 aromatic carbocycles. The van der Waals surface area contributed by atoms with E-state index in [1.165, 1.54) is 17.2 Å². The maximum Gasteiger partial charge on any atom is 0.312 e. The van der Waals surface area contributed by atoms with Crippen LogP contribution in [0.2, 0.25) is 5.02 Å². The SMILES string of the molecule is N#Cc1ccc(CN(Cc2nnc(N)o2)C(=O)COc2cc(F)cc(F)c2Cl)cn1. The van der Waals surface area contributed by atoms with E-state index < -0.39 is 29.2 Å². The maximum atomic E-state index is 13.5. The number of ether oxygens (including phenoxy) is 1. The Bertz CT molecular complexity index is 1100. The first-order valence-corrected chi connectivity index (χ1v) is 8.71. The van der Waals surface area contributed by atoms with E-state index in [1.807, 2.05) is 6.07 Å². The number of carbonyl (C=O) groups excluding carboxylic acids is 1. The molecule has 0 bridgehead atoms. The van der Waals surface area contributed by atoms with E-state index in [0.29, 0.717) is 11.6 Å². The van der Waals surface area contributed by atoms with Crippen LogP contribution in [0.1, 0.15) is 17.1 Å². The Morgan fingerprint density at radius 2 is 2.10 bits per heavy atom. The molecule has 3 rings (SSSR count). The molecule has 0 aliphatic rings. The lowest BCUT2D eigenvalue weighted by atomic mass is 10.2. The molecule has 2 aromatic heterocycles. The summed E-state index contributed by atoms with van der Waals surface area (Å²) in [5, 5.41) is 15.6. The Labute approximate surface area is 173 Å². The van der Waals surface area contributed by atoms with Gasteiger partial charge in [0.1, 0.15) is 34.2 Å². The number of nitrogens with two attached hydrogens (primary N) is 1. The average Bonchev–Trinajstić information content (AvgIpc) is 3.14. The molecule has 0 unspecified atom stereocenters. The zero-order valence-electron chi connectivity index (χ0n) is 15.2. The number of carbonyl (C=O) groups is 1. The molecule has 0 saturated heterocycles. The lowest BCUT2D eigenvalue weighted by molar-refractivity contribution is -0.135. The van der Waals surface area contributed by atoms with Crippen LogP contribution in [0.5, 0.6) is 5.75 Å². The second kappa shape index (κ2) is 9.15. The summed E-state index contributed by atoms with van der Waals surface area (Å²) in [5.41, 5.74) is 6.22. The molecule has 0 fully saturated rings. The Morgan fingerprint density at radius 1 is 1.30 bits per heavy atom. The minimum Gasteiger partial charge on any atom is -0.482 e. The van der Waals surface area contributed by atoms with Gasteiger partial charge < -0.3 is 19.8 Å². The van der Waals surface area contributed by atoms with Crippen LogP contribution in [0.3, 0.4) is 0 Å². The standard InChI is InChI=1S/C18H13ClF2N6O3/c19-17-13(21)3-11(20)4-14(17)29-9-16(28)27(8-15-25-26-18(23)30-15)7-10-1-2-12(5-22)24-6-10/h1-4,6H,7-9H2,(H2,23,26). The summed E-state index contributed by atoms with van der Waals surface area (Å²) in [5.74, 6) is -2.74. The van der Waals surface area contributed by atoms with Crippen molar-refractivity contribution in [2.24, 2.45) is 0 Å². The Hall–Kier alpha value is -3.78. The molecule has 0 radical (unpaired) electrons. The Balaban J connectivity index is 1.76. The first-order chi connectivity index (χ1) is 14.4. The number of anilines is 1. The molecule has 12 heteroatoms. The number of pyridine rings is 1. The van der Waals surface area contributed by atoms with Crippen LogP contribution < -0.4 is 10.5 Å². The maximum absolute atomic E-state index is 13.5. The van der Waals surface area contributed by atoms with Crippen LogP contribution >= 0.6 is 11.6 Å². The van der Waals surface area contributed by atoms with Crippen molar-refractivity contribution in [3.05, 3.63) is 64.3 Å². The quantitative estimate of drug-likeness (QED) is 0.561. The number of nitrogens with zero attached hydrogens (tertiary/aromatic N) is 5. The number of benzene rings is 1. The summed E-state index contributed by atoms with van der Waals surface area (Å²) < 4.78 is 37.2. The molecule has 154 valence electrons. The van der Waals surface area contributed by atoms with E-state index in [1.54, 1.807) is 6.07 Å². The van der Waals surface area contributed by atoms with E-state index in [2.05, 4.69) is 15.2 Å². The largest absolute Gasteiger partial charge is 0.482 e. The normalized spacial score (nSPS) is 10.5. The van der Waals surface area contributed by atoms with Crippen molar-refractivity contribution in [1.82, 2.24) is 20.1 Å². The zero-order valence-corrected chi connectivity index (χ0v) is 15.9. The molecule has 0 saturated carbocycles. The number of nitriles is 1. The predicted octanol–water partition coefficient (Wildman–Crippen LogP) is 2.46. The van der Waals surface area contributed by atoms with E-state index >= 15 is 0 Å². The van der Waals surface area contributed by atoms with Crippen LogP contribution in [0.4, 0.5) is 14.8 Å². The van der Waals surface area contributed by atoms with Gasteiger partial charge in [-0.1, -0.05) is 22.8 Å². The van der Waals surface area contributed by atoms with E-state index in [9.17, 15) is 13.6 Å². The predicted molar refractivity (Wildman–Crippen MR) is 98.8 cm³/mol. The van der Waals surface area contributed by atoms with Crippen molar-refractivity contribution in [1.29, 1.82) is 5.26 Å². The molecule has 0 spiro atoms. The Morgan fingerprint density at radius 3 is 2.73 bits per heavy atom. The number of halogens is 3. The molecule has 0 atom stereocenters. The van der Waals surface area contributed by atoms with E-state index in [4.69, 9.17) is 31.8 Å². The van der Waals surface area contributed by atoms with Gasteiger partial charge in [-0.2, -0.15) is 5.26 Å². The van der Waals surface area contributed by atoms with Crippen LogP contribution in [-0.2, 0) is 17.9 Å². The highest BCUT2D eigenvalue weighted by molar-refractivity contribution is 6.32. The van der Waals surface area contributed by atoms with Gasteiger partial charge in [0.2, 0.25) is 5.89 Å². The summed E-state index contributed by atoms with van der Waals surface area (Å²) in [6, 6.07) is 6.30. The van der Waals surface area contributed by atoms with Gasteiger partial charge in [0, 0.05) is 24.9 Å². The fourth-order valence-corrected chi connectivity index (χ4v) is 2.56. The summed E-state index contributed by atoms with van der Waals surface area (Å²) >= 11 is 5.75. The van der Waals surface area contributed by atoms with Gasteiger partial charge in [-0.25, -0.2) is 13.8 Å². The third kappa shape index (κ3) is 5.18. The lowest BCUT2D eigenvalue weighted by Crippen LogP contribution is -2.34. The second-order valence-electron chi connectivity index (χ2n) is 5.94. The number of amides is 1. The monoisotopic (exact) mass is 434 g/mol. The number of aromatic nitrogens is 3. The third-order valence-corrected chi connectivity index (χ3v) is 4.15. The van der Waals surface area contributed by atoms with Crippen molar-refractivity contribution >= 4 is 23.5 Å². The first kappa shape index (κ1) is 20.9. The zero-order chi connectivity index (χ0) is 21.7. The topological polar surface area (TPSA) is 131 Å². The van der Waals surface area contributed by atoms with Crippen LogP contribution in [-0.4, -0.2) is 32.6 Å². The highest BCUT2D eigenvalue weighted by Crippen LogP contribution is 2.28. The minimum absolute atomic E-state index is 0.0500. The van der Waals surface area contributed by atoms with Crippen LogP contribution in [0.25, 0.3) is 0 Å². The fourth-order valence-electron chi connectivity index (χ4n) is 2.40. The molecular formula is C18H13ClF2N6O3. The van der Waals surface area contributed by atoms with Gasteiger partial charge in [0.15, 0.2) is 6.61 Å².